The summed E-state index contributed by atoms with van der Waals surface area (Å²) in [5.74, 6) is 0.0734. The minimum absolute atomic E-state index is 0.00681. The van der Waals surface area contributed by atoms with Gasteiger partial charge >= 0.3 is 5.97 Å². The van der Waals surface area contributed by atoms with Crippen LogP contribution in [0.1, 0.15) is 64.7 Å². The lowest BCUT2D eigenvalue weighted by Gasteiger charge is -2.28. The van der Waals surface area contributed by atoms with Crippen molar-refractivity contribution in [2.45, 2.75) is 65.2 Å². The molecule has 0 amide bonds. The van der Waals surface area contributed by atoms with E-state index in [0.717, 1.165) is 16.7 Å². The van der Waals surface area contributed by atoms with Crippen LogP contribution in [0.25, 0.3) is 0 Å². The summed E-state index contributed by atoms with van der Waals surface area (Å²) in [5.41, 5.74) is 2.42. The minimum atomic E-state index is -0.271. The zero-order valence-electron chi connectivity index (χ0n) is 18.8. The first-order valence-electron chi connectivity index (χ1n) is 10.3. The number of ether oxygens (including phenoxy) is 3. The molecule has 0 heterocycles. The van der Waals surface area contributed by atoms with E-state index < -0.39 is 0 Å². The van der Waals surface area contributed by atoms with E-state index in [1.165, 1.54) is 0 Å². The molecule has 1 rings (SSSR count). The largest absolute Gasteiger partial charge is 0.507 e. The smallest absolute Gasteiger partial charge is 0.306 e. The highest BCUT2D eigenvalue weighted by atomic mass is 16.6. The lowest BCUT2D eigenvalue weighted by molar-refractivity contribution is -0.145. The first-order chi connectivity index (χ1) is 13.5. The number of esters is 1. The highest BCUT2D eigenvalue weighted by Gasteiger charge is 2.26. The van der Waals surface area contributed by atoms with Crippen molar-refractivity contribution in [1.82, 2.24) is 0 Å². The van der Waals surface area contributed by atoms with Crippen LogP contribution in [0.15, 0.2) is 12.1 Å². The molecule has 0 bridgehead atoms. The zero-order chi connectivity index (χ0) is 22.1. The second kappa shape index (κ2) is 11.5. The Hall–Kier alpha value is -1.63. The van der Waals surface area contributed by atoms with E-state index in [-0.39, 0.29) is 36.4 Å². The van der Waals surface area contributed by atoms with Crippen molar-refractivity contribution in [3.63, 3.8) is 0 Å². The van der Waals surface area contributed by atoms with E-state index in [1.54, 1.807) is 0 Å². The van der Waals surface area contributed by atoms with E-state index in [9.17, 15) is 9.90 Å². The Kier molecular flexibility index (Phi) is 10.1. The number of phenols is 1. The predicted octanol–water partition coefficient (Wildman–Crippen LogP) is 3.49. The van der Waals surface area contributed by atoms with Gasteiger partial charge in [0.05, 0.1) is 33.0 Å². The topological polar surface area (TPSA) is 85.2 Å². The Morgan fingerprint density at radius 1 is 0.862 bits per heavy atom. The normalized spacial score (nSPS) is 12.2. The molecule has 0 fully saturated rings. The van der Waals surface area contributed by atoms with Crippen LogP contribution in [0, 0.1) is 0 Å². The molecule has 1 aromatic rings. The van der Waals surface area contributed by atoms with Gasteiger partial charge in [-0.3, -0.25) is 4.79 Å². The third-order valence-electron chi connectivity index (χ3n) is 4.50. The fourth-order valence-corrected chi connectivity index (χ4v) is 2.90. The molecule has 0 atom stereocenters. The van der Waals surface area contributed by atoms with E-state index in [1.807, 2.05) is 12.1 Å². The van der Waals surface area contributed by atoms with Crippen molar-refractivity contribution in [1.29, 1.82) is 0 Å². The van der Waals surface area contributed by atoms with Gasteiger partial charge in [0.2, 0.25) is 0 Å². The SMILES string of the molecule is CC(C)(C)c1cc(CCC(=O)OCCOCCOCCO)cc(C(C)(C)C)c1O. The predicted molar refractivity (Wildman–Crippen MR) is 114 cm³/mol. The van der Waals surface area contributed by atoms with Crippen molar-refractivity contribution in [2.75, 3.05) is 39.6 Å². The summed E-state index contributed by atoms with van der Waals surface area (Å²) in [6, 6.07) is 3.99. The summed E-state index contributed by atoms with van der Waals surface area (Å²) >= 11 is 0. The number of hydrogen-bond acceptors (Lipinski definition) is 6. The van der Waals surface area contributed by atoms with Crippen LogP contribution in [0.2, 0.25) is 0 Å². The molecular formula is C23H38O6. The van der Waals surface area contributed by atoms with Gasteiger partial charge in [0.1, 0.15) is 12.4 Å². The first kappa shape index (κ1) is 25.4. The van der Waals surface area contributed by atoms with Gasteiger partial charge in [0.25, 0.3) is 0 Å². The number of carbonyl (C=O) groups is 1. The second-order valence-electron chi connectivity index (χ2n) is 9.21. The summed E-state index contributed by atoms with van der Waals surface area (Å²) in [4.78, 5) is 12.0. The van der Waals surface area contributed by atoms with E-state index in [4.69, 9.17) is 19.3 Å². The van der Waals surface area contributed by atoms with E-state index in [2.05, 4.69) is 41.5 Å². The van der Waals surface area contributed by atoms with Crippen LogP contribution in [0.3, 0.4) is 0 Å². The average Bonchev–Trinajstić information content (AvgIpc) is 2.61. The first-order valence-corrected chi connectivity index (χ1v) is 10.3. The van der Waals surface area contributed by atoms with Crippen LogP contribution in [0.4, 0.5) is 0 Å². The molecule has 0 saturated heterocycles. The van der Waals surface area contributed by atoms with Gasteiger partial charge in [-0.25, -0.2) is 0 Å². The lowest BCUT2D eigenvalue weighted by atomic mass is 9.78. The standard InChI is InChI=1S/C23H38O6/c1-22(2,3)18-15-17(16-19(21(18)26)23(4,5)6)7-8-20(25)29-14-13-28-12-11-27-10-9-24/h15-16,24,26H,7-14H2,1-6H3. The van der Waals surface area contributed by atoms with Gasteiger partial charge in [-0.15, -0.1) is 0 Å². The quantitative estimate of drug-likeness (QED) is 0.429. The summed E-state index contributed by atoms with van der Waals surface area (Å²) in [6.45, 7) is 14.0. The van der Waals surface area contributed by atoms with Gasteiger partial charge < -0.3 is 24.4 Å². The monoisotopic (exact) mass is 410 g/mol. The van der Waals surface area contributed by atoms with Gasteiger partial charge in [0, 0.05) is 6.42 Å². The minimum Gasteiger partial charge on any atom is -0.507 e. The molecule has 0 aromatic heterocycles. The molecule has 0 aliphatic rings. The van der Waals surface area contributed by atoms with Crippen LogP contribution in [0.5, 0.6) is 5.75 Å². The van der Waals surface area contributed by atoms with Crippen LogP contribution in [-0.4, -0.2) is 55.8 Å². The summed E-state index contributed by atoms with van der Waals surface area (Å²) in [6.07, 6.45) is 0.832. The molecule has 0 unspecified atom stereocenters. The molecule has 6 nitrogen and oxygen atoms in total. The van der Waals surface area contributed by atoms with Crippen LogP contribution >= 0.6 is 0 Å². The van der Waals surface area contributed by atoms with Crippen molar-refractivity contribution in [3.05, 3.63) is 28.8 Å². The molecule has 0 radical (unpaired) electrons. The molecule has 1 aromatic carbocycles. The fraction of sp³-hybridized carbons (Fsp3) is 0.696. The van der Waals surface area contributed by atoms with Gasteiger partial charge in [-0.05, 0) is 33.9 Å². The number of aryl methyl sites for hydroxylation is 1. The van der Waals surface area contributed by atoms with E-state index in [0.29, 0.717) is 38.6 Å². The number of benzene rings is 1. The molecule has 6 heteroatoms. The second-order valence-corrected chi connectivity index (χ2v) is 9.21. The Morgan fingerprint density at radius 2 is 1.34 bits per heavy atom. The number of phenolic OH excluding ortho intramolecular Hbond substituents is 1. The van der Waals surface area contributed by atoms with Gasteiger partial charge in [-0.1, -0.05) is 53.7 Å². The average molecular weight is 411 g/mol. The maximum Gasteiger partial charge on any atom is 0.306 e. The Labute approximate surface area is 175 Å². The van der Waals surface area contributed by atoms with Crippen molar-refractivity contribution in [3.8, 4) is 5.75 Å². The Morgan fingerprint density at radius 3 is 1.83 bits per heavy atom. The maximum absolute atomic E-state index is 12.0. The highest BCUT2D eigenvalue weighted by Crippen LogP contribution is 2.39. The molecular weight excluding hydrogens is 372 g/mol. The number of carbonyl (C=O) groups excluding carboxylic acids is 1. The summed E-state index contributed by atoms with van der Waals surface area (Å²) in [7, 11) is 0. The number of rotatable bonds is 11. The van der Waals surface area contributed by atoms with E-state index >= 15 is 0 Å². The zero-order valence-corrected chi connectivity index (χ0v) is 18.8. The third kappa shape index (κ3) is 9.15. The summed E-state index contributed by atoms with van der Waals surface area (Å²) in [5, 5.41) is 19.4. The Balaban J connectivity index is 2.58. The van der Waals surface area contributed by atoms with Crippen molar-refractivity contribution < 1.29 is 29.2 Å². The molecule has 166 valence electrons. The fourth-order valence-electron chi connectivity index (χ4n) is 2.90. The van der Waals surface area contributed by atoms with Crippen LogP contribution < -0.4 is 0 Å². The third-order valence-corrected chi connectivity index (χ3v) is 4.50. The molecule has 0 spiro atoms. The molecule has 0 saturated carbocycles. The number of aliphatic hydroxyl groups excluding tert-OH is 1. The number of aromatic hydroxyl groups is 1. The molecule has 29 heavy (non-hydrogen) atoms. The van der Waals surface area contributed by atoms with Crippen LogP contribution in [-0.2, 0) is 36.3 Å². The molecule has 0 aliphatic heterocycles. The van der Waals surface area contributed by atoms with Crippen molar-refractivity contribution in [2.24, 2.45) is 0 Å². The molecule has 0 aliphatic carbocycles. The summed E-state index contributed by atoms with van der Waals surface area (Å²) < 4.78 is 15.6. The Bertz CT molecular complexity index is 605. The molecule has 2 N–H and O–H groups in total. The van der Waals surface area contributed by atoms with Gasteiger partial charge in [-0.2, -0.15) is 0 Å². The maximum atomic E-state index is 12.0. The lowest BCUT2D eigenvalue weighted by Crippen LogP contribution is -2.18. The number of hydrogen-bond donors (Lipinski definition) is 2. The van der Waals surface area contributed by atoms with Crippen molar-refractivity contribution >= 4 is 5.97 Å². The number of aliphatic hydroxyl groups is 1. The van der Waals surface area contributed by atoms with Gasteiger partial charge in [0.15, 0.2) is 0 Å². The highest BCUT2D eigenvalue weighted by molar-refractivity contribution is 5.69.